The van der Waals surface area contributed by atoms with E-state index in [-0.39, 0.29) is 16.5 Å². The molecule has 0 amide bonds. The maximum Gasteiger partial charge on any atom is 0.240 e. The van der Waals surface area contributed by atoms with Gasteiger partial charge in [-0.05, 0) is 51.0 Å². The first-order valence-corrected chi connectivity index (χ1v) is 8.83. The topological polar surface area (TPSA) is 81.4 Å². The largest absolute Gasteiger partial charge is 0.492 e. The molecule has 0 aliphatic heterocycles. The average molecular weight is 312 g/mol. The van der Waals surface area contributed by atoms with Gasteiger partial charge in [-0.1, -0.05) is 12.8 Å². The molecular weight excluding hydrogens is 288 g/mol. The van der Waals surface area contributed by atoms with Crippen LogP contribution in [0.25, 0.3) is 0 Å². The second kappa shape index (κ2) is 6.34. The third kappa shape index (κ3) is 4.43. The van der Waals surface area contributed by atoms with Crippen LogP contribution in [0.15, 0.2) is 29.2 Å². The zero-order valence-electron chi connectivity index (χ0n) is 12.6. The predicted octanol–water partition coefficient (Wildman–Crippen LogP) is 2.02. The van der Waals surface area contributed by atoms with Crippen molar-refractivity contribution in [3.8, 4) is 5.75 Å². The smallest absolute Gasteiger partial charge is 0.240 e. The molecule has 5 nitrogen and oxygen atoms in total. The third-order valence-electron chi connectivity index (χ3n) is 3.65. The second-order valence-corrected chi connectivity index (χ2v) is 7.82. The van der Waals surface area contributed by atoms with Crippen molar-refractivity contribution in [2.24, 2.45) is 5.73 Å². The van der Waals surface area contributed by atoms with Crippen LogP contribution in [0.4, 0.5) is 0 Å². The molecule has 1 saturated carbocycles. The lowest BCUT2D eigenvalue weighted by atomic mass is 10.0. The van der Waals surface area contributed by atoms with Crippen molar-refractivity contribution in [3.05, 3.63) is 24.3 Å². The van der Waals surface area contributed by atoms with Crippen LogP contribution in [-0.4, -0.2) is 26.6 Å². The van der Waals surface area contributed by atoms with Gasteiger partial charge in [0.05, 0.1) is 10.4 Å². The molecule has 0 spiro atoms. The van der Waals surface area contributed by atoms with E-state index in [1.165, 1.54) is 0 Å². The molecule has 2 rings (SSSR count). The summed E-state index contributed by atoms with van der Waals surface area (Å²) in [5.74, 6) is 0.648. The van der Waals surface area contributed by atoms with Crippen LogP contribution in [-0.2, 0) is 10.0 Å². The number of ether oxygens (including phenoxy) is 1. The van der Waals surface area contributed by atoms with Gasteiger partial charge in [0.2, 0.25) is 10.0 Å². The number of hydrogen-bond donors (Lipinski definition) is 2. The van der Waals surface area contributed by atoms with Crippen molar-refractivity contribution in [3.63, 3.8) is 0 Å². The highest BCUT2D eigenvalue weighted by molar-refractivity contribution is 7.89. The second-order valence-electron chi connectivity index (χ2n) is 6.11. The highest BCUT2D eigenvalue weighted by Crippen LogP contribution is 2.28. The molecule has 21 heavy (non-hydrogen) atoms. The quantitative estimate of drug-likeness (QED) is 0.842. The minimum atomic E-state index is -3.45. The molecule has 0 aromatic heterocycles. The highest BCUT2D eigenvalue weighted by Gasteiger charge is 2.30. The van der Waals surface area contributed by atoms with Crippen LogP contribution >= 0.6 is 0 Å². The summed E-state index contributed by atoms with van der Waals surface area (Å²) < 4.78 is 32.3. The van der Waals surface area contributed by atoms with Gasteiger partial charge in [0, 0.05) is 6.04 Å². The van der Waals surface area contributed by atoms with E-state index in [1.54, 1.807) is 38.1 Å². The Labute approximate surface area is 126 Å². The molecule has 0 radical (unpaired) electrons. The Balaban J connectivity index is 1.99. The van der Waals surface area contributed by atoms with Crippen LogP contribution < -0.4 is 15.2 Å². The Morgan fingerprint density at radius 1 is 1.24 bits per heavy atom. The first-order valence-electron chi connectivity index (χ1n) is 7.35. The van der Waals surface area contributed by atoms with Gasteiger partial charge in [0.1, 0.15) is 12.4 Å². The normalized spacial score (nSPS) is 18.1. The average Bonchev–Trinajstić information content (AvgIpc) is 2.83. The van der Waals surface area contributed by atoms with Gasteiger partial charge in [0.25, 0.3) is 0 Å². The van der Waals surface area contributed by atoms with E-state index in [1.807, 2.05) is 0 Å². The van der Waals surface area contributed by atoms with Gasteiger partial charge in [0.15, 0.2) is 0 Å². The summed E-state index contributed by atoms with van der Waals surface area (Å²) in [4.78, 5) is 0.242. The standard InChI is InChI=1S/C15H24N2O3S/c1-12(2)17-21(18,19)14-7-5-13(6-8-14)20-11-15(16)9-3-4-10-15/h5-8,12,17H,3-4,9-11,16H2,1-2H3. The Morgan fingerprint density at radius 2 is 1.81 bits per heavy atom. The predicted molar refractivity (Wildman–Crippen MR) is 82.8 cm³/mol. The lowest BCUT2D eigenvalue weighted by Crippen LogP contribution is -2.42. The van der Waals surface area contributed by atoms with E-state index in [0.717, 1.165) is 25.7 Å². The van der Waals surface area contributed by atoms with Gasteiger partial charge in [-0.25, -0.2) is 13.1 Å². The molecular formula is C15H24N2O3S. The van der Waals surface area contributed by atoms with Gasteiger partial charge in [-0.2, -0.15) is 0 Å². The third-order valence-corrected chi connectivity index (χ3v) is 5.32. The van der Waals surface area contributed by atoms with E-state index in [4.69, 9.17) is 10.5 Å². The molecule has 0 atom stereocenters. The van der Waals surface area contributed by atoms with E-state index in [0.29, 0.717) is 12.4 Å². The summed E-state index contributed by atoms with van der Waals surface area (Å²) >= 11 is 0. The number of benzene rings is 1. The molecule has 0 heterocycles. The monoisotopic (exact) mass is 312 g/mol. The maximum atomic E-state index is 12.0. The van der Waals surface area contributed by atoms with E-state index < -0.39 is 10.0 Å². The van der Waals surface area contributed by atoms with Crippen LogP contribution in [0.5, 0.6) is 5.75 Å². The summed E-state index contributed by atoms with van der Waals surface area (Å²) in [5.41, 5.74) is 6.00. The summed E-state index contributed by atoms with van der Waals surface area (Å²) in [7, 11) is -3.45. The van der Waals surface area contributed by atoms with Crippen molar-refractivity contribution in [2.75, 3.05) is 6.61 Å². The molecule has 0 unspecified atom stereocenters. The SMILES string of the molecule is CC(C)NS(=O)(=O)c1ccc(OCC2(N)CCCC2)cc1. The molecule has 0 saturated heterocycles. The van der Waals surface area contributed by atoms with Crippen LogP contribution in [0.3, 0.4) is 0 Å². The maximum absolute atomic E-state index is 12.0. The number of nitrogens with two attached hydrogens (primary N) is 1. The van der Waals surface area contributed by atoms with Gasteiger partial charge in [-0.15, -0.1) is 0 Å². The molecule has 1 aromatic carbocycles. The minimum absolute atomic E-state index is 0.134. The number of hydrogen-bond acceptors (Lipinski definition) is 4. The summed E-state index contributed by atoms with van der Waals surface area (Å²) in [5, 5.41) is 0. The molecule has 1 aromatic rings. The fourth-order valence-electron chi connectivity index (χ4n) is 2.54. The summed E-state index contributed by atoms with van der Waals surface area (Å²) in [6, 6.07) is 6.32. The number of nitrogens with one attached hydrogen (secondary N) is 1. The Kier molecular flexibility index (Phi) is 4.91. The Morgan fingerprint density at radius 3 is 2.33 bits per heavy atom. The molecule has 118 valence electrons. The fraction of sp³-hybridized carbons (Fsp3) is 0.600. The lowest BCUT2D eigenvalue weighted by Gasteiger charge is -2.23. The van der Waals surface area contributed by atoms with E-state index in [2.05, 4.69) is 4.72 Å². The summed E-state index contributed by atoms with van der Waals surface area (Å²) in [6.07, 6.45) is 4.27. The van der Waals surface area contributed by atoms with Crippen molar-refractivity contribution in [2.45, 2.75) is 56.0 Å². The van der Waals surface area contributed by atoms with Crippen molar-refractivity contribution < 1.29 is 13.2 Å². The zero-order valence-corrected chi connectivity index (χ0v) is 13.4. The van der Waals surface area contributed by atoms with Crippen LogP contribution in [0.2, 0.25) is 0 Å². The molecule has 3 N–H and O–H groups in total. The van der Waals surface area contributed by atoms with E-state index >= 15 is 0 Å². The zero-order chi connectivity index (χ0) is 15.5. The van der Waals surface area contributed by atoms with E-state index in [9.17, 15) is 8.42 Å². The number of sulfonamides is 1. The lowest BCUT2D eigenvalue weighted by molar-refractivity contribution is 0.220. The van der Waals surface area contributed by atoms with Gasteiger partial charge < -0.3 is 10.5 Å². The first-order chi connectivity index (χ1) is 9.81. The highest BCUT2D eigenvalue weighted by atomic mass is 32.2. The Hall–Kier alpha value is -1.11. The van der Waals surface area contributed by atoms with Crippen LogP contribution in [0.1, 0.15) is 39.5 Å². The Bertz CT molecular complexity index is 561. The fourth-order valence-corrected chi connectivity index (χ4v) is 3.79. The minimum Gasteiger partial charge on any atom is -0.492 e. The molecule has 1 aliphatic carbocycles. The molecule has 0 bridgehead atoms. The molecule has 6 heteroatoms. The summed E-state index contributed by atoms with van der Waals surface area (Å²) in [6.45, 7) is 4.05. The van der Waals surface area contributed by atoms with Crippen molar-refractivity contribution in [1.82, 2.24) is 4.72 Å². The molecule has 1 aliphatic rings. The van der Waals surface area contributed by atoms with Crippen LogP contribution in [0, 0.1) is 0 Å². The molecule has 1 fully saturated rings. The number of rotatable bonds is 6. The first kappa shape index (κ1) is 16.3. The van der Waals surface area contributed by atoms with Crippen molar-refractivity contribution >= 4 is 10.0 Å². The van der Waals surface area contributed by atoms with Gasteiger partial charge in [-0.3, -0.25) is 0 Å². The van der Waals surface area contributed by atoms with Gasteiger partial charge >= 0.3 is 0 Å². The van der Waals surface area contributed by atoms with Crippen molar-refractivity contribution in [1.29, 1.82) is 0 Å².